The Kier molecular flexibility index (Phi) is 23.1. The number of hydrogen-bond acceptors (Lipinski definition) is 7. The van der Waals surface area contributed by atoms with Crippen molar-refractivity contribution in [3.63, 3.8) is 0 Å². The van der Waals surface area contributed by atoms with Gasteiger partial charge in [0.2, 0.25) is 0 Å². The highest BCUT2D eigenvalue weighted by atomic mass is 16.5. The normalized spacial score (nSPS) is 9.32. The van der Waals surface area contributed by atoms with Gasteiger partial charge in [0.05, 0.1) is 39.6 Å². The summed E-state index contributed by atoms with van der Waals surface area (Å²) >= 11 is 0. The lowest BCUT2D eigenvalue weighted by molar-refractivity contribution is -0.131. The molecule has 0 heterocycles. The number of para-hydroxylation sites is 1. The van der Waals surface area contributed by atoms with Gasteiger partial charge < -0.3 is 29.2 Å². The van der Waals surface area contributed by atoms with Crippen LogP contribution in [0, 0.1) is 0 Å². The second kappa shape index (κ2) is 22.5. The number of hydrogen-bond donors (Lipinski definition) is 2. The molecule has 25 heavy (non-hydrogen) atoms. The molecule has 0 unspecified atom stereocenters. The van der Waals surface area contributed by atoms with Crippen LogP contribution >= 0.6 is 0 Å². The maximum atomic E-state index is 10.4. The molecular weight excluding hydrogens is 328 g/mol. The number of rotatable bonds is 10. The summed E-state index contributed by atoms with van der Waals surface area (Å²) in [5.74, 6) is 0.307. The van der Waals surface area contributed by atoms with Gasteiger partial charge >= 0.3 is 5.97 Å². The monoisotopic (exact) mass is 360 g/mol. The average Bonchev–Trinajstić information content (AvgIpc) is 2.60. The van der Waals surface area contributed by atoms with Crippen molar-refractivity contribution >= 4 is 5.97 Å². The van der Waals surface area contributed by atoms with Crippen LogP contribution in [0.5, 0.6) is 5.75 Å². The quantitative estimate of drug-likeness (QED) is 0.372. The number of esters is 1. The SMILES string of the molecule is CC(=O)Oc1ccccc1.CCOCC.OCCOCCOCCO. The van der Waals surface area contributed by atoms with Crippen LogP contribution in [0.2, 0.25) is 0 Å². The summed E-state index contributed by atoms with van der Waals surface area (Å²) in [5, 5.41) is 16.5. The van der Waals surface area contributed by atoms with Gasteiger partial charge in [-0.25, -0.2) is 0 Å². The first kappa shape index (κ1) is 25.7. The molecule has 0 amide bonds. The topological polar surface area (TPSA) is 94.5 Å². The molecule has 146 valence electrons. The van der Waals surface area contributed by atoms with E-state index in [0.29, 0.717) is 32.2 Å². The Balaban J connectivity index is 0. The molecule has 0 aliphatic carbocycles. The van der Waals surface area contributed by atoms with Crippen molar-refractivity contribution < 1.29 is 34.0 Å². The summed E-state index contributed by atoms with van der Waals surface area (Å²) in [6.45, 7) is 8.78. The van der Waals surface area contributed by atoms with Gasteiger partial charge in [0.1, 0.15) is 5.75 Å². The van der Waals surface area contributed by atoms with Crippen molar-refractivity contribution in [3.05, 3.63) is 30.3 Å². The molecular formula is C18H32O7. The molecule has 0 fully saturated rings. The van der Waals surface area contributed by atoms with E-state index in [2.05, 4.69) is 0 Å². The van der Waals surface area contributed by atoms with Crippen LogP contribution < -0.4 is 4.74 Å². The zero-order chi connectivity index (χ0) is 19.2. The smallest absolute Gasteiger partial charge is 0.308 e. The lowest BCUT2D eigenvalue weighted by atomic mass is 10.3. The molecule has 0 aromatic heterocycles. The van der Waals surface area contributed by atoms with Crippen LogP contribution in [0.3, 0.4) is 0 Å². The molecule has 0 atom stereocenters. The minimum absolute atomic E-state index is 0.0417. The molecule has 0 spiro atoms. The summed E-state index contributed by atoms with van der Waals surface area (Å²) in [5.41, 5.74) is 0. The Labute approximate surface area is 150 Å². The Hall–Kier alpha value is -1.51. The predicted octanol–water partition coefficient (Wildman–Crippen LogP) is 1.66. The van der Waals surface area contributed by atoms with E-state index in [9.17, 15) is 4.79 Å². The maximum Gasteiger partial charge on any atom is 0.308 e. The molecule has 7 nitrogen and oxygen atoms in total. The third-order valence-corrected chi connectivity index (χ3v) is 2.26. The highest BCUT2D eigenvalue weighted by Gasteiger charge is 1.93. The molecule has 1 aromatic carbocycles. The second-order valence-electron chi connectivity index (χ2n) is 4.36. The van der Waals surface area contributed by atoms with E-state index in [1.807, 2.05) is 32.0 Å². The van der Waals surface area contributed by atoms with Gasteiger partial charge in [-0.2, -0.15) is 0 Å². The number of ether oxygens (including phenoxy) is 4. The molecule has 0 bridgehead atoms. The highest BCUT2D eigenvalue weighted by molar-refractivity contribution is 5.69. The third-order valence-electron chi connectivity index (χ3n) is 2.26. The number of carbonyl (C=O) groups is 1. The summed E-state index contributed by atoms with van der Waals surface area (Å²) < 4.78 is 19.4. The van der Waals surface area contributed by atoms with Gasteiger partial charge in [0.15, 0.2) is 0 Å². The van der Waals surface area contributed by atoms with Crippen LogP contribution in [-0.4, -0.2) is 69.0 Å². The fourth-order valence-corrected chi connectivity index (χ4v) is 1.31. The summed E-state index contributed by atoms with van der Waals surface area (Å²) in [4.78, 5) is 10.4. The van der Waals surface area contributed by atoms with Crippen molar-refractivity contribution in [2.24, 2.45) is 0 Å². The Morgan fingerprint density at radius 3 is 1.64 bits per heavy atom. The average molecular weight is 360 g/mol. The van der Waals surface area contributed by atoms with E-state index in [4.69, 9.17) is 29.2 Å². The summed E-state index contributed by atoms with van der Waals surface area (Å²) in [6, 6.07) is 8.98. The highest BCUT2D eigenvalue weighted by Crippen LogP contribution is 2.07. The van der Waals surface area contributed by atoms with E-state index in [1.54, 1.807) is 12.1 Å². The minimum atomic E-state index is -0.286. The maximum absolute atomic E-state index is 10.4. The Morgan fingerprint density at radius 1 is 0.840 bits per heavy atom. The van der Waals surface area contributed by atoms with E-state index < -0.39 is 0 Å². The molecule has 7 heteroatoms. The van der Waals surface area contributed by atoms with E-state index in [0.717, 1.165) is 13.2 Å². The lowest BCUT2D eigenvalue weighted by Gasteiger charge is -2.01. The van der Waals surface area contributed by atoms with Crippen molar-refractivity contribution in [2.45, 2.75) is 20.8 Å². The van der Waals surface area contributed by atoms with Gasteiger partial charge in [-0.3, -0.25) is 4.79 Å². The van der Waals surface area contributed by atoms with Crippen molar-refractivity contribution in [2.75, 3.05) is 52.9 Å². The molecule has 0 saturated heterocycles. The van der Waals surface area contributed by atoms with Gasteiger partial charge in [0, 0.05) is 20.1 Å². The molecule has 0 aliphatic rings. The van der Waals surface area contributed by atoms with Crippen molar-refractivity contribution in [1.29, 1.82) is 0 Å². The molecule has 1 aromatic rings. The van der Waals surface area contributed by atoms with Gasteiger partial charge in [-0.05, 0) is 26.0 Å². The molecule has 0 radical (unpaired) electrons. The van der Waals surface area contributed by atoms with Crippen molar-refractivity contribution in [3.8, 4) is 5.75 Å². The fraction of sp³-hybridized carbons (Fsp3) is 0.611. The van der Waals surface area contributed by atoms with Crippen LogP contribution in [0.25, 0.3) is 0 Å². The lowest BCUT2D eigenvalue weighted by Crippen LogP contribution is -2.09. The number of aliphatic hydroxyl groups excluding tert-OH is 2. The first-order valence-corrected chi connectivity index (χ1v) is 8.30. The second-order valence-corrected chi connectivity index (χ2v) is 4.36. The number of carbonyl (C=O) groups excluding carboxylic acids is 1. The van der Waals surface area contributed by atoms with E-state index >= 15 is 0 Å². The largest absolute Gasteiger partial charge is 0.427 e. The van der Waals surface area contributed by atoms with Crippen LogP contribution in [0.1, 0.15) is 20.8 Å². The van der Waals surface area contributed by atoms with Crippen LogP contribution in [0.4, 0.5) is 0 Å². The third kappa shape index (κ3) is 24.9. The number of benzene rings is 1. The molecule has 2 N–H and O–H groups in total. The Morgan fingerprint density at radius 2 is 1.32 bits per heavy atom. The standard InChI is InChI=1S/C8H8O2.C6H14O4.C4H10O/c1-7(9)10-8-5-3-2-4-6-8;7-1-3-9-5-6-10-4-2-8;1-3-5-4-2/h2-6H,1H3;7-8H,1-6H2;3-4H2,1-2H3. The Bertz CT molecular complexity index is 361. The predicted molar refractivity (Wildman–Crippen MR) is 95.7 cm³/mol. The number of aliphatic hydroxyl groups is 2. The molecule has 0 aliphatic heterocycles. The summed E-state index contributed by atoms with van der Waals surface area (Å²) in [7, 11) is 0. The first-order valence-electron chi connectivity index (χ1n) is 8.30. The molecule has 1 rings (SSSR count). The van der Waals surface area contributed by atoms with Crippen LogP contribution in [-0.2, 0) is 19.0 Å². The van der Waals surface area contributed by atoms with Crippen molar-refractivity contribution in [1.82, 2.24) is 0 Å². The van der Waals surface area contributed by atoms with E-state index in [1.165, 1.54) is 6.92 Å². The fourth-order valence-electron chi connectivity index (χ4n) is 1.31. The van der Waals surface area contributed by atoms with Gasteiger partial charge in [-0.15, -0.1) is 0 Å². The van der Waals surface area contributed by atoms with Gasteiger partial charge in [-0.1, -0.05) is 18.2 Å². The minimum Gasteiger partial charge on any atom is -0.427 e. The first-order chi connectivity index (χ1) is 12.1. The zero-order valence-electron chi connectivity index (χ0n) is 15.5. The van der Waals surface area contributed by atoms with Gasteiger partial charge in [0.25, 0.3) is 0 Å². The van der Waals surface area contributed by atoms with Crippen LogP contribution in [0.15, 0.2) is 30.3 Å². The van der Waals surface area contributed by atoms with E-state index in [-0.39, 0.29) is 19.2 Å². The summed E-state index contributed by atoms with van der Waals surface area (Å²) in [6.07, 6.45) is 0. The zero-order valence-corrected chi connectivity index (χ0v) is 15.5. The molecule has 0 saturated carbocycles.